The molecule has 34 heavy (non-hydrogen) atoms. The van der Waals surface area contributed by atoms with Crippen molar-refractivity contribution < 1.29 is 14.7 Å². The van der Waals surface area contributed by atoms with Gasteiger partial charge < -0.3 is 19.9 Å². The summed E-state index contributed by atoms with van der Waals surface area (Å²) in [7, 11) is 0. The van der Waals surface area contributed by atoms with E-state index < -0.39 is 5.91 Å². The van der Waals surface area contributed by atoms with E-state index in [4.69, 9.17) is 30.6 Å². The SMILES string of the molecule is CCC(CC)c1nc2c(-c3cnc(N)nc3)nc(N3CCOCC3)nc2n1CCCC(=O)NO. The van der Waals surface area contributed by atoms with Crippen LogP contribution in [0.5, 0.6) is 0 Å². The van der Waals surface area contributed by atoms with Crippen LogP contribution in [-0.2, 0) is 16.1 Å². The molecule has 0 saturated carbocycles. The van der Waals surface area contributed by atoms with Crippen molar-refractivity contribution in [3.05, 3.63) is 18.2 Å². The Morgan fingerprint density at radius 2 is 1.88 bits per heavy atom. The number of ether oxygens (including phenoxy) is 1. The standard InChI is InChI=1S/C22H31N9O3/c1-3-14(4-2)19-26-18-17(15-12-24-21(23)25-13-15)27-22(30-8-10-34-11-9-30)28-20(18)31(19)7-5-6-16(32)29-33/h12-14,33H,3-11H2,1-2H3,(H,29,32)(H2,23,24,25). The maximum absolute atomic E-state index is 11.6. The minimum atomic E-state index is -0.420. The zero-order chi connectivity index (χ0) is 24.1. The zero-order valence-corrected chi connectivity index (χ0v) is 19.6. The van der Waals surface area contributed by atoms with Crippen molar-refractivity contribution >= 4 is 29.0 Å². The lowest BCUT2D eigenvalue weighted by atomic mass is 10.0. The molecular weight excluding hydrogens is 438 g/mol. The first-order valence-corrected chi connectivity index (χ1v) is 11.7. The summed E-state index contributed by atoms with van der Waals surface area (Å²) in [6.45, 7) is 7.40. The lowest BCUT2D eigenvalue weighted by molar-refractivity contribution is -0.129. The highest BCUT2D eigenvalue weighted by Gasteiger charge is 2.25. The first-order valence-electron chi connectivity index (χ1n) is 11.7. The summed E-state index contributed by atoms with van der Waals surface area (Å²) in [5.41, 5.74) is 10.1. The van der Waals surface area contributed by atoms with Crippen molar-refractivity contribution in [2.45, 2.75) is 52.0 Å². The Morgan fingerprint density at radius 3 is 2.53 bits per heavy atom. The average molecular weight is 470 g/mol. The second kappa shape index (κ2) is 10.7. The summed E-state index contributed by atoms with van der Waals surface area (Å²) in [6, 6.07) is 0. The normalized spacial score (nSPS) is 14.2. The van der Waals surface area contributed by atoms with E-state index in [-0.39, 0.29) is 18.3 Å². The molecule has 1 aliphatic heterocycles. The molecule has 0 spiro atoms. The van der Waals surface area contributed by atoms with Crippen LogP contribution in [0, 0.1) is 0 Å². The molecule has 0 radical (unpaired) electrons. The number of anilines is 2. The third-order valence-electron chi connectivity index (χ3n) is 6.11. The Hall–Kier alpha value is -3.38. The van der Waals surface area contributed by atoms with Crippen molar-refractivity contribution in [2.75, 3.05) is 36.9 Å². The van der Waals surface area contributed by atoms with Gasteiger partial charge >= 0.3 is 0 Å². The smallest absolute Gasteiger partial charge is 0.243 e. The van der Waals surface area contributed by atoms with E-state index in [1.807, 2.05) is 0 Å². The van der Waals surface area contributed by atoms with Crippen molar-refractivity contribution in [1.29, 1.82) is 0 Å². The van der Waals surface area contributed by atoms with Crippen LogP contribution in [0.3, 0.4) is 0 Å². The Labute approximate surface area is 197 Å². The fraction of sp³-hybridized carbons (Fsp3) is 0.545. The van der Waals surface area contributed by atoms with Crippen molar-refractivity contribution in [2.24, 2.45) is 0 Å². The molecule has 4 N–H and O–H groups in total. The summed E-state index contributed by atoms with van der Waals surface area (Å²) >= 11 is 0. The van der Waals surface area contributed by atoms with Gasteiger partial charge in [-0.3, -0.25) is 10.0 Å². The fourth-order valence-corrected chi connectivity index (χ4v) is 4.21. The van der Waals surface area contributed by atoms with Crippen LogP contribution in [-0.4, -0.2) is 66.9 Å². The number of morpholine rings is 1. The molecule has 3 aromatic rings. The largest absolute Gasteiger partial charge is 0.378 e. The Kier molecular flexibility index (Phi) is 7.48. The highest BCUT2D eigenvalue weighted by atomic mass is 16.5. The van der Waals surface area contributed by atoms with E-state index in [2.05, 4.69) is 33.3 Å². The number of nitrogens with two attached hydrogens (primary N) is 1. The number of aromatic nitrogens is 6. The van der Waals surface area contributed by atoms with Gasteiger partial charge in [0.2, 0.25) is 17.8 Å². The van der Waals surface area contributed by atoms with Crippen molar-refractivity contribution in [3.63, 3.8) is 0 Å². The number of aryl methyl sites for hydroxylation is 1. The minimum absolute atomic E-state index is 0.188. The van der Waals surface area contributed by atoms with E-state index in [0.717, 1.165) is 18.7 Å². The number of carbonyl (C=O) groups excluding carboxylic acids is 1. The van der Waals surface area contributed by atoms with Gasteiger partial charge in [0, 0.05) is 49.9 Å². The molecule has 1 fully saturated rings. The van der Waals surface area contributed by atoms with Gasteiger partial charge in [-0.05, 0) is 19.3 Å². The predicted octanol–water partition coefficient (Wildman–Crippen LogP) is 1.89. The number of amides is 1. The lowest BCUT2D eigenvalue weighted by Crippen LogP contribution is -2.37. The topological polar surface area (TPSA) is 157 Å². The quantitative estimate of drug-likeness (QED) is 0.312. The van der Waals surface area contributed by atoms with E-state index in [9.17, 15) is 4.79 Å². The summed E-state index contributed by atoms with van der Waals surface area (Å²) < 4.78 is 7.59. The van der Waals surface area contributed by atoms with Crippen LogP contribution in [0.15, 0.2) is 12.4 Å². The fourth-order valence-electron chi connectivity index (χ4n) is 4.21. The molecule has 1 amide bonds. The molecule has 182 valence electrons. The molecule has 1 saturated heterocycles. The molecule has 0 atom stereocenters. The molecule has 4 rings (SSSR count). The molecular formula is C22H31N9O3. The molecule has 0 bridgehead atoms. The minimum Gasteiger partial charge on any atom is -0.378 e. The number of hydroxylamine groups is 1. The molecule has 0 aliphatic carbocycles. The van der Waals surface area contributed by atoms with Crippen molar-refractivity contribution in [3.8, 4) is 11.3 Å². The molecule has 0 aromatic carbocycles. The van der Waals surface area contributed by atoms with Crippen LogP contribution in [0.25, 0.3) is 22.4 Å². The Morgan fingerprint density at radius 1 is 1.18 bits per heavy atom. The van der Waals surface area contributed by atoms with Gasteiger partial charge in [0.1, 0.15) is 17.0 Å². The number of hydrogen-bond acceptors (Lipinski definition) is 10. The zero-order valence-electron chi connectivity index (χ0n) is 19.6. The number of hydrogen-bond donors (Lipinski definition) is 3. The third-order valence-corrected chi connectivity index (χ3v) is 6.11. The molecule has 4 heterocycles. The number of nitrogen functional groups attached to an aromatic ring is 1. The lowest BCUT2D eigenvalue weighted by Gasteiger charge is -2.27. The monoisotopic (exact) mass is 469 g/mol. The summed E-state index contributed by atoms with van der Waals surface area (Å²) in [5, 5.41) is 8.87. The predicted molar refractivity (Wildman–Crippen MR) is 126 cm³/mol. The highest BCUT2D eigenvalue weighted by molar-refractivity contribution is 5.88. The summed E-state index contributed by atoms with van der Waals surface area (Å²) in [5.74, 6) is 1.50. The van der Waals surface area contributed by atoms with E-state index in [1.54, 1.807) is 17.9 Å². The highest BCUT2D eigenvalue weighted by Crippen LogP contribution is 2.32. The van der Waals surface area contributed by atoms with E-state index in [0.29, 0.717) is 67.6 Å². The Bertz CT molecular complexity index is 1120. The number of imidazole rings is 1. The van der Waals surface area contributed by atoms with E-state index >= 15 is 0 Å². The van der Waals surface area contributed by atoms with Gasteiger partial charge in [-0.2, -0.15) is 4.98 Å². The van der Waals surface area contributed by atoms with Gasteiger partial charge in [0.15, 0.2) is 5.65 Å². The second-order valence-electron chi connectivity index (χ2n) is 8.25. The first kappa shape index (κ1) is 23.8. The molecule has 0 unspecified atom stereocenters. The number of nitrogens with one attached hydrogen (secondary N) is 1. The molecule has 3 aromatic heterocycles. The number of rotatable bonds is 9. The number of fused-ring (bicyclic) bond motifs is 1. The van der Waals surface area contributed by atoms with Gasteiger partial charge in [-0.15, -0.1) is 0 Å². The Balaban J connectivity index is 1.88. The summed E-state index contributed by atoms with van der Waals surface area (Å²) in [6.07, 6.45) is 5.85. The van der Waals surface area contributed by atoms with Gasteiger partial charge in [0.05, 0.1) is 13.2 Å². The average Bonchev–Trinajstić information content (AvgIpc) is 3.23. The molecule has 12 heteroatoms. The van der Waals surface area contributed by atoms with Crippen LogP contribution in [0.4, 0.5) is 11.9 Å². The first-order chi connectivity index (χ1) is 16.5. The van der Waals surface area contributed by atoms with Gasteiger partial charge in [0.25, 0.3) is 0 Å². The van der Waals surface area contributed by atoms with Crippen LogP contribution >= 0.6 is 0 Å². The van der Waals surface area contributed by atoms with E-state index in [1.165, 1.54) is 0 Å². The van der Waals surface area contributed by atoms with Crippen LogP contribution in [0.2, 0.25) is 0 Å². The van der Waals surface area contributed by atoms with Gasteiger partial charge in [-0.1, -0.05) is 13.8 Å². The number of carbonyl (C=O) groups is 1. The van der Waals surface area contributed by atoms with Crippen LogP contribution in [0.1, 0.15) is 51.3 Å². The number of nitrogens with zero attached hydrogens (tertiary/aromatic N) is 7. The molecule has 12 nitrogen and oxygen atoms in total. The van der Waals surface area contributed by atoms with Gasteiger partial charge in [-0.25, -0.2) is 25.4 Å². The third kappa shape index (κ3) is 4.92. The van der Waals surface area contributed by atoms with Crippen LogP contribution < -0.4 is 16.1 Å². The second-order valence-corrected chi connectivity index (χ2v) is 8.25. The van der Waals surface area contributed by atoms with Crippen molar-refractivity contribution in [1.82, 2.24) is 35.0 Å². The molecule has 1 aliphatic rings. The summed E-state index contributed by atoms with van der Waals surface area (Å²) in [4.78, 5) is 36.8. The maximum Gasteiger partial charge on any atom is 0.243 e. The maximum atomic E-state index is 11.6.